The van der Waals surface area contributed by atoms with Crippen LogP contribution in [0.15, 0.2) is 47.4 Å². The van der Waals surface area contributed by atoms with E-state index in [1.165, 1.54) is 31.1 Å². The SMILES string of the molecule is CCOc1ccc(CN(C)C(=O)COC(=O)c2ccc(Cl)c(S(=O)(=O)N(C)C)c2)cc1. The number of hydrogen-bond donors (Lipinski definition) is 0. The van der Waals surface area contributed by atoms with Crippen LogP contribution in [0.25, 0.3) is 0 Å². The molecule has 2 aromatic carbocycles. The Balaban J connectivity index is 1.99. The molecule has 0 saturated heterocycles. The largest absolute Gasteiger partial charge is 0.494 e. The van der Waals surface area contributed by atoms with Crippen molar-refractivity contribution < 1.29 is 27.5 Å². The molecule has 2 rings (SSSR count). The number of amides is 1. The summed E-state index contributed by atoms with van der Waals surface area (Å²) in [5, 5.41) is -0.0172. The van der Waals surface area contributed by atoms with Gasteiger partial charge in [-0.15, -0.1) is 0 Å². The predicted octanol–water partition coefficient (Wildman–Crippen LogP) is 2.80. The van der Waals surface area contributed by atoms with Gasteiger partial charge in [0.15, 0.2) is 6.61 Å². The molecule has 0 spiro atoms. The molecule has 0 atom stereocenters. The van der Waals surface area contributed by atoms with E-state index in [0.29, 0.717) is 13.2 Å². The van der Waals surface area contributed by atoms with Crippen LogP contribution in [-0.4, -0.2) is 63.9 Å². The smallest absolute Gasteiger partial charge is 0.338 e. The molecule has 0 aromatic heterocycles. The van der Waals surface area contributed by atoms with Crippen LogP contribution in [0.3, 0.4) is 0 Å². The van der Waals surface area contributed by atoms with Crippen molar-refractivity contribution in [3.63, 3.8) is 0 Å². The van der Waals surface area contributed by atoms with Crippen molar-refractivity contribution in [1.82, 2.24) is 9.21 Å². The molecule has 1 amide bonds. The number of halogens is 1. The molecule has 2 aromatic rings. The first-order chi connectivity index (χ1) is 14.6. The van der Waals surface area contributed by atoms with E-state index >= 15 is 0 Å². The third-order valence-electron chi connectivity index (χ3n) is 4.33. The molecule has 0 radical (unpaired) electrons. The second-order valence-electron chi connectivity index (χ2n) is 6.84. The Hall–Kier alpha value is -2.62. The van der Waals surface area contributed by atoms with E-state index in [-0.39, 0.29) is 15.5 Å². The van der Waals surface area contributed by atoms with Crippen molar-refractivity contribution in [1.29, 1.82) is 0 Å². The number of rotatable bonds is 9. The number of sulfonamides is 1. The van der Waals surface area contributed by atoms with Gasteiger partial charge in [-0.2, -0.15) is 0 Å². The molecule has 0 N–H and O–H groups in total. The second-order valence-corrected chi connectivity index (χ2v) is 9.36. The Labute approximate surface area is 187 Å². The van der Waals surface area contributed by atoms with Crippen LogP contribution >= 0.6 is 11.6 Å². The van der Waals surface area contributed by atoms with E-state index in [1.807, 2.05) is 31.2 Å². The van der Waals surface area contributed by atoms with Gasteiger partial charge in [-0.1, -0.05) is 23.7 Å². The van der Waals surface area contributed by atoms with Gasteiger partial charge >= 0.3 is 5.97 Å². The maximum atomic E-state index is 12.3. The zero-order valence-corrected chi connectivity index (χ0v) is 19.4. The highest BCUT2D eigenvalue weighted by Gasteiger charge is 2.23. The maximum absolute atomic E-state index is 12.3. The lowest BCUT2D eigenvalue weighted by Gasteiger charge is -2.18. The first-order valence-electron chi connectivity index (χ1n) is 9.41. The van der Waals surface area contributed by atoms with Crippen LogP contribution in [0.5, 0.6) is 5.75 Å². The summed E-state index contributed by atoms with van der Waals surface area (Å²) in [4.78, 5) is 25.9. The summed E-state index contributed by atoms with van der Waals surface area (Å²) in [5.41, 5.74) is 0.869. The van der Waals surface area contributed by atoms with Gasteiger partial charge < -0.3 is 14.4 Å². The lowest BCUT2D eigenvalue weighted by molar-refractivity contribution is -0.133. The first-order valence-corrected chi connectivity index (χ1v) is 11.2. The Bertz CT molecular complexity index is 1040. The Morgan fingerprint density at radius 2 is 1.68 bits per heavy atom. The normalized spacial score (nSPS) is 11.3. The summed E-state index contributed by atoms with van der Waals surface area (Å²) >= 11 is 5.98. The fraction of sp³-hybridized carbons (Fsp3) is 0.333. The van der Waals surface area contributed by atoms with Gasteiger partial charge in [0.1, 0.15) is 10.6 Å². The summed E-state index contributed by atoms with van der Waals surface area (Å²) in [6, 6.07) is 11.1. The fourth-order valence-corrected chi connectivity index (χ4v) is 3.96. The molecule has 0 saturated carbocycles. The summed E-state index contributed by atoms with van der Waals surface area (Å²) in [6.07, 6.45) is 0. The Morgan fingerprint density at radius 1 is 1.03 bits per heavy atom. The molecule has 0 aliphatic heterocycles. The number of hydrogen-bond acceptors (Lipinski definition) is 6. The maximum Gasteiger partial charge on any atom is 0.338 e. The minimum atomic E-state index is -3.84. The second kappa shape index (κ2) is 10.6. The minimum absolute atomic E-state index is 0.0172. The van der Waals surface area contributed by atoms with Crippen LogP contribution in [0.2, 0.25) is 5.02 Å². The van der Waals surface area contributed by atoms with Crippen LogP contribution in [0, 0.1) is 0 Å². The van der Waals surface area contributed by atoms with E-state index in [4.69, 9.17) is 21.1 Å². The highest BCUT2D eigenvalue weighted by molar-refractivity contribution is 7.89. The zero-order valence-electron chi connectivity index (χ0n) is 17.8. The average Bonchev–Trinajstić information content (AvgIpc) is 2.73. The Morgan fingerprint density at radius 3 is 2.26 bits per heavy atom. The van der Waals surface area contributed by atoms with Crippen LogP contribution in [-0.2, 0) is 26.1 Å². The van der Waals surface area contributed by atoms with E-state index in [0.717, 1.165) is 21.7 Å². The van der Waals surface area contributed by atoms with Gasteiger partial charge in [0.25, 0.3) is 5.91 Å². The molecule has 8 nitrogen and oxygen atoms in total. The third kappa shape index (κ3) is 6.43. The van der Waals surface area contributed by atoms with E-state index in [2.05, 4.69) is 0 Å². The lowest BCUT2D eigenvalue weighted by Crippen LogP contribution is -2.30. The molecule has 168 valence electrons. The van der Waals surface area contributed by atoms with Gasteiger partial charge in [0, 0.05) is 27.7 Å². The number of ether oxygens (including phenoxy) is 2. The third-order valence-corrected chi connectivity index (χ3v) is 6.63. The summed E-state index contributed by atoms with van der Waals surface area (Å²) in [7, 11) is 0.467. The molecule has 0 heterocycles. The van der Waals surface area contributed by atoms with E-state index in [9.17, 15) is 18.0 Å². The molecule has 0 aliphatic rings. The fourth-order valence-electron chi connectivity index (χ4n) is 2.57. The monoisotopic (exact) mass is 468 g/mol. The summed E-state index contributed by atoms with van der Waals surface area (Å²) in [5.74, 6) is -0.486. The molecule has 0 fully saturated rings. The molecule has 31 heavy (non-hydrogen) atoms. The summed E-state index contributed by atoms with van der Waals surface area (Å²) < 4.78 is 36.1. The topological polar surface area (TPSA) is 93.2 Å². The van der Waals surface area contributed by atoms with Crippen LogP contribution in [0.1, 0.15) is 22.8 Å². The van der Waals surface area contributed by atoms with Gasteiger partial charge in [-0.3, -0.25) is 4.79 Å². The molecule has 0 unspecified atom stereocenters. The van der Waals surface area contributed by atoms with Crippen molar-refractivity contribution in [2.24, 2.45) is 0 Å². The molecular weight excluding hydrogens is 444 g/mol. The number of carbonyl (C=O) groups is 2. The molecule has 0 aliphatic carbocycles. The van der Waals surface area contributed by atoms with Crippen molar-refractivity contribution >= 4 is 33.5 Å². The first kappa shape index (κ1) is 24.6. The van der Waals surface area contributed by atoms with Crippen LogP contribution in [0.4, 0.5) is 0 Å². The molecular formula is C21H25ClN2O6S. The zero-order chi connectivity index (χ0) is 23.2. The number of esters is 1. The lowest BCUT2D eigenvalue weighted by atomic mass is 10.2. The average molecular weight is 469 g/mol. The number of carbonyl (C=O) groups excluding carboxylic acids is 2. The quantitative estimate of drug-likeness (QED) is 0.525. The Kier molecular flexibility index (Phi) is 8.43. The van der Waals surface area contributed by atoms with Gasteiger partial charge in [-0.05, 0) is 42.8 Å². The van der Waals surface area contributed by atoms with Gasteiger partial charge in [0.05, 0.1) is 17.2 Å². The van der Waals surface area contributed by atoms with Crippen molar-refractivity contribution in [2.45, 2.75) is 18.4 Å². The van der Waals surface area contributed by atoms with Crippen molar-refractivity contribution in [3.05, 3.63) is 58.6 Å². The predicted molar refractivity (Wildman–Crippen MR) is 117 cm³/mol. The number of nitrogens with zero attached hydrogens (tertiary/aromatic N) is 2. The highest BCUT2D eigenvalue weighted by Crippen LogP contribution is 2.25. The number of benzene rings is 2. The standard InChI is InChI=1S/C21H25ClN2O6S/c1-5-29-17-9-6-15(7-10-17)13-24(4)20(25)14-30-21(26)16-8-11-18(22)19(12-16)31(27,28)23(2)3/h6-12H,5,13-14H2,1-4H3. The molecule has 10 heteroatoms. The van der Waals surface area contributed by atoms with Crippen LogP contribution < -0.4 is 4.74 Å². The summed E-state index contributed by atoms with van der Waals surface area (Å²) in [6.45, 7) is 2.31. The van der Waals surface area contributed by atoms with Crippen molar-refractivity contribution in [2.75, 3.05) is 34.4 Å². The highest BCUT2D eigenvalue weighted by atomic mass is 35.5. The van der Waals surface area contributed by atoms with E-state index in [1.54, 1.807) is 7.05 Å². The van der Waals surface area contributed by atoms with Crippen molar-refractivity contribution in [3.8, 4) is 5.75 Å². The van der Waals surface area contributed by atoms with Gasteiger partial charge in [0.2, 0.25) is 10.0 Å². The number of likely N-dealkylation sites (N-methyl/N-ethyl adjacent to an activating group) is 1. The molecule has 0 bridgehead atoms. The minimum Gasteiger partial charge on any atom is -0.494 e. The van der Waals surface area contributed by atoms with Gasteiger partial charge in [-0.25, -0.2) is 17.5 Å². The van der Waals surface area contributed by atoms with E-state index < -0.39 is 28.5 Å².